The van der Waals surface area contributed by atoms with Crippen molar-refractivity contribution in [3.63, 3.8) is 0 Å². The minimum Gasteiger partial charge on any atom is -0.399 e. The molecule has 0 heterocycles. The van der Waals surface area contributed by atoms with Crippen LogP contribution in [0.4, 0.5) is 22.7 Å². The molecule has 0 aliphatic rings. The molecule has 4 nitrogen and oxygen atoms in total. The Balaban J connectivity index is 0.000000220. The molecular weight excluding hydrogens is 272 g/mol. The number of anilines is 4. The van der Waals surface area contributed by atoms with Crippen molar-refractivity contribution < 1.29 is 0 Å². The van der Waals surface area contributed by atoms with Crippen molar-refractivity contribution in [1.82, 2.24) is 0 Å². The van der Waals surface area contributed by atoms with Gasteiger partial charge in [-0.3, -0.25) is 0 Å². The van der Waals surface area contributed by atoms with Crippen molar-refractivity contribution in [3.05, 3.63) is 47.5 Å². The van der Waals surface area contributed by atoms with Gasteiger partial charge in [0.25, 0.3) is 0 Å². The highest BCUT2D eigenvalue weighted by atomic mass is 14.6. The fourth-order valence-corrected chi connectivity index (χ4v) is 2.24. The van der Waals surface area contributed by atoms with Crippen LogP contribution in [0.25, 0.3) is 0 Å². The lowest BCUT2D eigenvalue weighted by molar-refractivity contribution is 0.870. The van der Waals surface area contributed by atoms with Gasteiger partial charge in [-0.2, -0.15) is 0 Å². The van der Waals surface area contributed by atoms with Gasteiger partial charge in [0.15, 0.2) is 0 Å². The van der Waals surface area contributed by atoms with Gasteiger partial charge in [-0.05, 0) is 47.2 Å². The van der Waals surface area contributed by atoms with E-state index in [1.165, 1.54) is 11.1 Å². The van der Waals surface area contributed by atoms with Gasteiger partial charge in [0, 0.05) is 22.7 Å². The molecule has 4 heteroatoms. The van der Waals surface area contributed by atoms with Crippen molar-refractivity contribution in [3.8, 4) is 0 Å². The van der Waals surface area contributed by atoms with E-state index in [2.05, 4.69) is 27.7 Å². The van der Waals surface area contributed by atoms with Crippen LogP contribution >= 0.6 is 0 Å². The van der Waals surface area contributed by atoms with E-state index < -0.39 is 0 Å². The summed E-state index contributed by atoms with van der Waals surface area (Å²) in [6.07, 6.45) is 0. The van der Waals surface area contributed by atoms with Gasteiger partial charge >= 0.3 is 0 Å². The smallest absolute Gasteiger partial charge is 0.0369 e. The lowest BCUT2D eigenvalue weighted by Gasteiger charge is -2.08. The highest BCUT2D eigenvalue weighted by Crippen LogP contribution is 2.24. The summed E-state index contributed by atoms with van der Waals surface area (Å²) in [7, 11) is 0. The molecule has 2 rings (SSSR count). The van der Waals surface area contributed by atoms with E-state index in [-0.39, 0.29) is 0 Å². The molecule has 0 bridgehead atoms. The van der Waals surface area contributed by atoms with Crippen LogP contribution in [0.1, 0.15) is 50.7 Å². The molecule has 2 aromatic carbocycles. The Bertz CT molecular complexity index is 563. The molecule has 8 N–H and O–H groups in total. The van der Waals surface area contributed by atoms with Crippen molar-refractivity contribution in [2.45, 2.75) is 39.5 Å². The molecule has 0 amide bonds. The molecular formula is C18H28N4. The first-order valence-electron chi connectivity index (χ1n) is 7.52. The number of hydrogen-bond acceptors (Lipinski definition) is 4. The van der Waals surface area contributed by atoms with Gasteiger partial charge in [-0.1, -0.05) is 39.8 Å². The molecule has 0 atom stereocenters. The summed E-state index contributed by atoms with van der Waals surface area (Å²) in [5, 5.41) is 0. The van der Waals surface area contributed by atoms with Crippen LogP contribution in [0.5, 0.6) is 0 Å². The van der Waals surface area contributed by atoms with Crippen LogP contribution in [0.15, 0.2) is 36.4 Å². The van der Waals surface area contributed by atoms with E-state index in [0.29, 0.717) is 11.8 Å². The first kappa shape index (κ1) is 17.7. The second-order valence-electron chi connectivity index (χ2n) is 6.09. The van der Waals surface area contributed by atoms with Gasteiger partial charge < -0.3 is 22.9 Å². The van der Waals surface area contributed by atoms with Gasteiger partial charge in [0.1, 0.15) is 0 Å². The van der Waals surface area contributed by atoms with E-state index >= 15 is 0 Å². The monoisotopic (exact) mass is 300 g/mol. The Morgan fingerprint density at radius 1 is 0.591 bits per heavy atom. The van der Waals surface area contributed by atoms with E-state index in [4.69, 9.17) is 22.9 Å². The first-order valence-corrected chi connectivity index (χ1v) is 7.52. The van der Waals surface area contributed by atoms with Gasteiger partial charge in [-0.15, -0.1) is 0 Å². The molecule has 0 spiro atoms. The van der Waals surface area contributed by atoms with Crippen LogP contribution in [0.3, 0.4) is 0 Å². The van der Waals surface area contributed by atoms with E-state index in [0.717, 1.165) is 22.7 Å². The maximum absolute atomic E-state index is 5.74. The van der Waals surface area contributed by atoms with Crippen LogP contribution in [0, 0.1) is 0 Å². The molecule has 120 valence electrons. The minimum atomic E-state index is 0.468. The topological polar surface area (TPSA) is 104 Å². The summed E-state index contributed by atoms with van der Waals surface area (Å²) < 4.78 is 0. The molecule has 2 aromatic rings. The highest BCUT2D eigenvalue weighted by molar-refractivity contribution is 5.58. The maximum Gasteiger partial charge on any atom is 0.0369 e. The zero-order valence-electron chi connectivity index (χ0n) is 13.9. The number of hydrogen-bond donors (Lipinski definition) is 4. The first-order chi connectivity index (χ1) is 10.2. The number of rotatable bonds is 2. The van der Waals surface area contributed by atoms with Crippen molar-refractivity contribution in [2.75, 3.05) is 22.9 Å². The van der Waals surface area contributed by atoms with Crippen molar-refractivity contribution >= 4 is 22.7 Å². The summed E-state index contributed by atoms with van der Waals surface area (Å²) in [6.45, 7) is 8.45. The number of nitrogens with two attached hydrogens (primary N) is 4. The van der Waals surface area contributed by atoms with Crippen LogP contribution in [-0.2, 0) is 0 Å². The van der Waals surface area contributed by atoms with Crippen LogP contribution in [0.2, 0.25) is 0 Å². The molecule has 0 aromatic heterocycles. The number of benzene rings is 2. The minimum absolute atomic E-state index is 0.468. The van der Waals surface area contributed by atoms with Crippen LogP contribution < -0.4 is 22.9 Å². The van der Waals surface area contributed by atoms with Gasteiger partial charge in [0.2, 0.25) is 0 Å². The average molecular weight is 300 g/mol. The van der Waals surface area contributed by atoms with E-state index in [1.54, 1.807) is 12.1 Å². The largest absolute Gasteiger partial charge is 0.399 e. The maximum atomic E-state index is 5.74. The Hall–Kier alpha value is -2.36. The van der Waals surface area contributed by atoms with Gasteiger partial charge in [-0.25, -0.2) is 0 Å². The lowest BCUT2D eigenvalue weighted by atomic mass is 10.0. The Morgan fingerprint density at radius 3 is 1.14 bits per heavy atom. The fraction of sp³-hybridized carbons (Fsp3) is 0.333. The standard InChI is InChI=1S/2C9H14N2/c2*1-6(2)8-4-3-7(10)5-9(8)11/h2*3-6H,10-11H2,1-2H3. The van der Waals surface area contributed by atoms with E-state index in [1.807, 2.05) is 24.3 Å². The second kappa shape index (κ2) is 7.59. The quantitative estimate of drug-likeness (QED) is 0.630. The second-order valence-corrected chi connectivity index (χ2v) is 6.09. The third-order valence-electron chi connectivity index (χ3n) is 3.47. The van der Waals surface area contributed by atoms with Crippen LogP contribution in [-0.4, -0.2) is 0 Å². The number of nitrogen functional groups attached to an aromatic ring is 4. The van der Waals surface area contributed by atoms with Crippen molar-refractivity contribution in [1.29, 1.82) is 0 Å². The van der Waals surface area contributed by atoms with E-state index in [9.17, 15) is 0 Å². The highest BCUT2D eigenvalue weighted by Gasteiger charge is 2.03. The third kappa shape index (κ3) is 4.88. The molecule has 22 heavy (non-hydrogen) atoms. The van der Waals surface area contributed by atoms with Crippen molar-refractivity contribution in [2.24, 2.45) is 0 Å². The SMILES string of the molecule is CC(C)c1ccc(N)cc1N.CC(C)c1ccc(N)cc1N. The summed E-state index contributed by atoms with van der Waals surface area (Å²) in [5.41, 5.74) is 28.0. The third-order valence-corrected chi connectivity index (χ3v) is 3.47. The summed E-state index contributed by atoms with van der Waals surface area (Å²) in [5.74, 6) is 0.936. The summed E-state index contributed by atoms with van der Waals surface area (Å²) in [6, 6.07) is 11.3. The Morgan fingerprint density at radius 2 is 0.909 bits per heavy atom. The molecule has 0 aliphatic carbocycles. The Kier molecular flexibility index (Phi) is 6.11. The molecule has 0 fully saturated rings. The van der Waals surface area contributed by atoms with Gasteiger partial charge in [0.05, 0.1) is 0 Å². The predicted octanol–water partition coefficient (Wildman–Crippen LogP) is 3.95. The summed E-state index contributed by atoms with van der Waals surface area (Å²) in [4.78, 5) is 0. The fourth-order valence-electron chi connectivity index (χ4n) is 2.24. The lowest BCUT2D eigenvalue weighted by Crippen LogP contribution is -1.97. The molecule has 0 saturated carbocycles. The average Bonchev–Trinajstić information content (AvgIpc) is 2.38. The molecule has 0 saturated heterocycles. The summed E-state index contributed by atoms with van der Waals surface area (Å²) >= 11 is 0. The zero-order valence-corrected chi connectivity index (χ0v) is 13.9. The molecule has 0 aliphatic heterocycles. The Labute approximate surface area is 133 Å². The molecule has 0 unspecified atom stereocenters. The predicted molar refractivity (Wildman–Crippen MR) is 98.7 cm³/mol. The zero-order chi connectivity index (χ0) is 16.9. The normalized spacial score (nSPS) is 10.5. The molecule has 0 radical (unpaired) electrons.